The first-order valence-electron chi connectivity index (χ1n) is 24.4. The topological polar surface area (TPSA) is 438 Å². The number of amides is 8. The normalized spacial score (nSPS) is 13.8. The number of H-pyrrole nitrogens is 1. The van der Waals surface area contributed by atoms with Gasteiger partial charge in [-0.2, -0.15) is 0 Å². The number of guanidine groups is 2. The van der Waals surface area contributed by atoms with E-state index in [1.54, 1.807) is 6.20 Å². The van der Waals surface area contributed by atoms with E-state index in [2.05, 4.69) is 52.8 Å². The average Bonchev–Trinajstić information content (AvgIpc) is 3.76. The van der Waals surface area contributed by atoms with Crippen molar-refractivity contribution in [1.82, 2.24) is 52.8 Å². The molecule has 0 bridgehead atoms. The largest absolute Gasteiger partial charge is 0.370 e. The van der Waals surface area contributed by atoms with Crippen molar-refractivity contribution >= 4 is 70.1 Å². The molecule has 2 aromatic carbocycles. The maximum absolute atomic E-state index is 14.2. The van der Waals surface area contributed by atoms with Gasteiger partial charge in [0.05, 0.1) is 6.04 Å². The highest BCUT2D eigenvalue weighted by molar-refractivity contribution is 5.96. The molecule has 3 aromatic rings. The zero-order valence-electron chi connectivity index (χ0n) is 41.6. The van der Waals surface area contributed by atoms with Crippen molar-refractivity contribution in [2.24, 2.45) is 28.7 Å². The zero-order chi connectivity index (χ0) is 53.9. The first-order chi connectivity index (χ1) is 34.8. The molecule has 0 spiro atoms. The monoisotopic (exact) mass is 1020 g/mol. The summed E-state index contributed by atoms with van der Waals surface area (Å²) in [5, 5.41) is 39.6. The van der Waals surface area contributed by atoms with Gasteiger partial charge in [-0.15, -0.1) is 0 Å². The molecule has 25 nitrogen and oxygen atoms in total. The summed E-state index contributed by atoms with van der Waals surface area (Å²) in [6, 6.07) is 9.14. The van der Waals surface area contributed by atoms with Crippen LogP contribution in [-0.2, 0) is 51.2 Å². The summed E-state index contributed by atoms with van der Waals surface area (Å²) in [7, 11) is 0. The number of rotatable bonds is 33. The first kappa shape index (κ1) is 59.5. The van der Waals surface area contributed by atoms with Crippen LogP contribution in [0.5, 0.6) is 0 Å². The fourth-order valence-corrected chi connectivity index (χ4v) is 7.58. The van der Waals surface area contributed by atoms with Gasteiger partial charge in [0.25, 0.3) is 0 Å². The molecule has 1 heterocycles. The number of carbonyl (C=O) groups is 8. The summed E-state index contributed by atoms with van der Waals surface area (Å²) in [5.74, 6) is -5.71. The third-order valence-electron chi connectivity index (χ3n) is 11.7. The van der Waals surface area contributed by atoms with Gasteiger partial charge in [0.1, 0.15) is 30.2 Å². The Morgan fingerprint density at radius 1 is 0.575 bits per heavy atom. The minimum absolute atomic E-state index is 0.0216. The third-order valence-corrected chi connectivity index (χ3v) is 11.7. The lowest BCUT2D eigenvalue weighted by molar-refractivity contribution is -0.133. The second-order valence-corrected chi connectivity index (χ2v) is 17.7. The number of nitrogens with one attached hydrogen (secondary N) is 12. The zero-order valence-corrected chi connectivity index (χ0v) is 41.6. The Kier molecular flexibility index (Phi) is 25.7. The van der Waals surface area contributed by atoms with Crippen LogP contribution in [0.3, 0.4) is 0 Å². The smallest absolute Gasteiger partial charge is 0.243 e. The van der Waals surface area contributed by atoms with E-state index in [-0.39, 0.29) is 102 Å². The molecule has 22 N–H and O–H groups in total. The van der Waals surface area contributed by atoms with Crippen molar-refractivity contribution in [3.8, 4) is 0 Å². The molecule has 3 rings (SSSR count). The molecule has 0 aliphatic carbocycles. The Morgan fingerprint density at radius 2 is 1.08 bits per heavy atom. The van der Waals surface area contributed by atoms with Crippen LogP contribution in [0.25, 0.3) is 10.9 Å². The van der Waals surface area contributed by atoms with Gasteiger partial charge in [0.15, 0.2) is 11.9 Å². The molecule has 0 aliphatic rings. The second-order valence-electron chi connectivity index (χ2n) is 17.7. The van der Waals surface area contributed by atoms with Crippen molar-refractivity contribution in [2.75, 3.05) is 26.2 Å². The molecule has 73 heavy (non-hydrogen) atoms. The number of aromatic amines is 1. The summed E-state index contributed by atoms with van der Waals surface area (Å²) >= 11 is 0. The van der Waals surface area contributed by atoms with Crippen LogP contribution in [0.4, 0.5) is 0 Å². The number of hydrogen-bond donors (Lipinski definition) is 17. The van der Waals surface area contributed by atoms with Crippen LogP contribution in [0, 0.1) is 10.8 Å². The van der Waals surface area contributed by atoms with Crippen LogP contribution in [0.2, 0.25) is 0 Å². The number of aromatic nitrogens is 1. The number of para-hydroxylation sites is 1. The first-order valence-corrected chi connectivity index (χ1v) is 24.4. The van der Waals surface area contributed by atoms with Gasteiger partial charge in [0.2, 0.25) is 47.3 Å². The van der Waals surface area contributed by atoms with Gasteiger partial charge < -0.3 is 81.5 Å². The van der Waals surface area contributed by atoms with Crippen molar-refractivity contribution in [3.63, 3.8) is 0 Å². The second kappa shape index (κ2) is 31.5. The minimum Gasteiger partial charge on any atom is -0.370 e. The molecule has 0 aliphatic heterocycles. The summed E-state index contributed by atoms with van der Waals surface area (Å²) in [6.07, 6.45) is 3.06. The fourth-order valence-electron chi connectivity index (χ4n) is 7.58. The Labute approximate surface area is 424 Å². The highest BCUT2D eigenvalue weighted by atomic mass is 16.2. The number of primary amides is 1. The Balaban J connectivity index is 1.71. The fraction of sp³-hybridized carbons (Fsp3) is 0.500. The highest BCUT2D eigenvalue weighted by Crippen LogP contribution is 2.20. The number of hydrogen-bond acceptors (Lipinski definition) is 12. The Bertz CT molecular complexity index is 2330. The number of fused-ring (bicyclic) bond motifs is 1. The maximum Gasteiger partial charge on any atom is 0.243 e. The molecule has 7 atom stereocenters. The van der Waals surface area contributed by atoms with Crippen LogP contribution in [0.1, 0.15) is 82.8 Å². The van der Waals surface area contributed by atoms with E-state index >= 15 is 0 Å². The standard InChI is InChI=1S/C48H75N17O8/c1-3-31(49)27-60-43(70)38(64-44(71)36(61-28(2)66)17-10-22-57-47(52)53)19-20-40(67)56-21-9-16-35(41(51)68)62-46(73)39(25-30-26-59-34-15-8-7-14-32(30)34)65-45(72)37(18-11-23-58-48(54)55)63-42(69)33(50)24-29-12-5-4-6-13-29/h4-8,12-15,26,31,33,35-39,59H,3,9-11,16-25,27,49-50H2,1-2H3,(H2,51,68)(H,56,67)(H,60,70)(H,61,66)(H,62,73)(H,63,69)(H,64,71)(H,65,72)(H4,52,53,57)(H4,54,55,58)/t31?,33-,35+,36+,37+,38+,39+/m1/s1. The Morgan fingerprint density at radius 3 is 1.67 bits per heavy atom. The van der Waals surface area contributed by atoms with E-state index in [9.17, 15) is 38.4 Å². The summed E-state index contributed by atoms with van der Waals surface area (Å²) in [5.41, 5.74) is 31.0. The molecular formula is C48H75N17O8. The van der Waals surface area contributed by atoms with E-state index in [1.165, 1.54) is 6.92 Å². The van der Waals surface area contributed by atoms with E-state index < -0.39 is 83.5 Å². The molecular weight excluding hydrogens is 943 g/mol. The van der Waals surface area contributed by atoms with Gasteiger partial charge >= 0.3 is 0 Å². The van der Waals surface area contributed by atoms with E-state index in [4.69, 9.17) is 39.5 Å². The molecule has 0 saturated heterocycles. The number of carbonyl (C=O) groups excluding carboxylic acids is 8. The lowest BCUT2D eigenvalue weighted by Crippen LogP contribution is -2.58. The van der Waals surface area contributed by atoms with Gasteiger partial charge in [-0.25, -0.2) is 0 Å². The SMILES string of the molecule is CCC(N)CNC(=O)[C@H](CCC(=O)NCCC[C@H](NC(=O)[C@H](Cc1c[nH]c2ccccc12)NC(=O)[C@H](CCCNC(=N)N)NC(=O)[C@H](N)Cc1ccccc1)C(N)=O)NC(=O)[C@H](CCCNC(=N)N)NC(C)=O. The number of nitrogens with two attached hydrogens (primary N) is 5. The lowest BCUT2D eigenvalue weighted by Gasteiger charge is -2.26. The molecule has 400 valence electrons. The van der Waals surface area contributed by atoms with Crippen molar-refractivity contribution in [3.05, 3.63) is 71.9 Å². The highest BCUT2D eigenvalue weighted by Gasteiger charge is 2.31. The van der Waals surface area contributed by atoms with Crippen molar-refractivity contribution < 1.29 is 38.4 Å². The van der Waals surface area contributed by atoms with E-state index in [0.717, 1.165) is 16.5 Å². The Hall–Kier alpha value is -7.80. The molecule has 8 amide bonds. The molecule has 0 saturated carbocycles. The summed E-state index contributed by atoms with van der Waals surface area (Å²) in [6.45, 7) is 3.68. The van der Waals surface area contributed by atoms with Gasteiger partial charge in [-0.1, -0.05) is 55.5 Å². The summed E-state index contributed by atoms with van der Waals surface area (Å²) in [4.78, 5) is 109. The third kappa shape index (κ3) is 22.4. The average molecular weight is 1020 g/mol. The van der Waals surface area contributed by atoms with Crippen LogP contribution in [0.15, 0.2) is 60.8 Å². The minimum atomic E-state index is -1.29. The number of benzene rings is 2. The maximum atomic E-state index is 14.2. The predicted molar refractivity (Wildman–Crippen MR) is 276 cm³/mol. The van der Waals surface area contributed by atoms with Crippen LogP contribution < -0.4 is 76.5 Å². The predicted octanol–water partition coefficient (Wildman–Crippen LogP) is -2.73. The van der Waals surface area contributed by atoms with Crippen molar-refractivity contribution in [1.29, 1.82) is 10.8 Å². The van der Waals surface area contributed by atoms with E-state index in [1.807, 2.05) is 61.5 Å². The van der Waals surface area contributed by atoms with Gasteiger partial charge in [-0.05, 0) is 75.0 Å². The molecule has 0 radical (unpaired) electrons. The molecule has 1 unspecified atom stereocenters. The van der Waals surface area contributed by atoms with Crippen molar-refractivity contribution in [2.45, 2.75) is 127 Å². The van der Waals surface area contributed by atoms with Gasteiger partial charge in [-0.3, -0.25) is 49.2 Å². The van der Waals surface area contributed by atoms with Crippen LogP contribution in [-0.4, -0.2) is 133 Å². The molecule has 0 fully saturated rings. The van der Waals surface area contributed by atoms with E-state index in [0.29, 0.717) is 18.4 Å². The van der Waals surface area contributed by atoms with Crippen LogP contribution >= 0.6 is 0 Å². The molecule has 25 heteroatoms. The quantitative estimate of drug-likeness (QED) is 0.0167. The molecule has 1 aromatic heterocycles. The lowest BCUT2D eigenvalue weighted by atomic mass is 10.0. The van der Waals surface area contributed by atoms with Gasteiger partial charge in [0, 0.05) is 69.1 Å². The summed E-state index contributed by atoms with van der Waals surface area (Å²) < 4.78 is 0.